The van der Waals surface area contributed by atoms with Crippen LogP contribution in [-0.4, -0.2) is 96.6 Å². The molecule has 0 bridgehead atoms. The van der Waals surface area contributed by atoms with E-state index in [2.05, 4.69) is 0 Å². The molecule has 1 atom stereocenters. The Labute approximate surface area is 185 Å². The van der Waals surface area contributed by atoms with Gasteiger partial charge in [-0.3, -0.25) is 14.4 Å². The van der Waals surface area contributed by atoms with E-state index in [9.17, 15) is 14.4 Å². The molecular formula is C23H37N3O5. The summed E-state index contributed by atoms with van der Waals surface area (Å²) >= 11 is 0. The predicted molar refractivity (Wildman–Crippen MR) is 114 cm³/mol. The molecule has 1 unspecified atom stereocenters. The first-order valence-electron chi connectivity index (χ1n) is 12.0. The van der Waals surface area contributed by atoms with Gasteiger partial charge in [-0.1, -0.05) is 0 Å². The highest BCUT2D eigenvalue weighted by molar-refractivity contribution is 5.80. The SMILES string of the molecule is CC(=O)N1CCC(C(=O)N2CCC3(CC2)CC(OCC(=O)N2CCCC2)CCO3)CC1. The second-order valence-electron chi connectivity index (χ2n) is 9.65. The highest BCUT2D eigenvalue weighted by Gasteiger charge is 2.42. The maximum atomic E-state index is 13.0. The van der Waals surface area contributed by atoms with Crippen LogP contribution < -0.4 is 0 Å². The molecule has 4 heterocycles. The maximum absolute atomic E-state index is 13.0. The molecule has 0 N–H and O–H groups in total. The summed E-state index contributed by atoms with van der Waals surface area (Å²) in [6.45, 7) is 6.93. The van der Waals surface area contributed by atoms with Gasteiger partial charge in [-0.15, -0.1) is 0 Å². The van der Waals surface area contributed by atoms with Crippen molar-refractivity contribution in [2.24, 2.45) is 5.92 Å². The third-order valence-electron chi connectivity index (χ3n) is 7.62. The number of piperidine rings is 2. The van der Waals surface area contributed by atoms with Crippen LogP contribution >= 0.6 is 0 Å². The zero-order valence-corrected chi connectivity index (χ0v) is 18.9. The van der Waals surface area contributed by atoms with Crippen molar-refractivity contribution in [1.82, 2.24) is 14.7 Å². The zero-order chi connectivity index (χ0) is 21.8. The third kappa shape index (κ3) is 5.40. The molecule has 174 valence electrons. The molecule has 0 radical (unpaired) electrons. The van der Waals surface area contributed by atoms with Crippen molar-refractivity contribution in [3.8, 4) is 0 Å². The van der Waals surface area contributed by atoms with E-state index < -0.39 is 0 Å². The molecule has 8 nitrogen and oxygen atoms in total. The minimum Gasteiger partial charge on any atom is -0.375 e. The molecule has 4 fully saturated rings. The summed E-state index contributed by atoms with van der Waals surface area (Å²) < 4.78 is 12.2. The van der Waals surface area contributed by atoms with Crippen molar-refractivity contribution in [3.05, 3.63) is 0 Å². The standard InChI is InChI=1S/C23H37N3O5/c1-18(27)24-11-4-19(5-12-24)22(29)26-13-7-23(8-14-26)16-20(6-15-31-23)30-17-21(28)25-9-2-3-10-25/h19-20H,2-17H2,1H3. The van der Waals surface area contributed by atoms with Crippen molar-refractivity contribution in [2.75, 3.05) is 52.5 Å². The second-order valence-corrected chi connectivity index (χ2v) is 9.65. The fourth-order valence-corrected chi connectivity index (χ4v) is 5.55. The van der Waals surface area contributed by atoms with Crippen LogP contribution in [0.15, 0.2) is 0 Å². The fourth-order valence-electron chi connectivity index (χ4n) is 5.55. The van der Waals surface area contributed by atoms with Gasteiger partial charge < -0.3 is 24.2 Å². The molecular weight excluding hydrogens is 398 g/mol. The number of nitrogens with zero attached hydrogens (tertiary/aromatic N) is 3. The molecule has 0 aromatic rings. The zero-order valence-electron chi connectivity index (χ0n) is 18.9. The van der Waals surface area contributed by atoms with Gasteiger partial charge in [-0.25, -0.2) is 0 Å². The maximum Gasteiger partial charge on any atom is 0.248 e. The first-order chi connectivity index (χ1) is 15.0. The van der Waals surface area contributed by atoms with Crippen LogP contribution in [0, 0.1) is 5.92 Å². The Morgan fingerprint density at radius 3 is 2.23 bits per heavy atom. The molecule has 0 aromatic carbocycles. The van der Waals surface area contributed by atoms with Crippen LogP contribution in [0.25, 0.3) is 0 Å². The van der Waals surface area contributed by atoms with Crippen LogP contribution in [0.1, 0.15) is 58.3 Å². The van der Waals surface area contributed by atoms with Gasteiger partial charge in [0.15, 0.2) is 0 Å². The van der Waals surface area contributed by atoms with Gasteiger partial charge in [0.1, 0.15) is 6.61 Å². The average Bonchev–Trinajstić information content (AvgIpc) is 3.33. The second kappa shape index (κ2) is 9.86. The summed E-state index contributed by atoms with van der Waals surface area (Å²) in [4.78, 5) is 42.5. The number of hydrogen-bond acceptors (Lipinski definition) is 5. The highest BCUT2D eigenvalue weighted by Crippen LogP contribution is 2.37. The normalized spacial score (nSPS) is 27.0. The summed E-state index contributed by atoms with van der Waals surface area (Å²) in [6.07, 6.45) is 7.05. The summed E-state index contributed by atoms with van der Waals surface area (Å²) in [6, 6.07) is 0. The van der Waals surface area contributed by atoms with E-state index in [1.165, 1.54) is 0 Å². The minimum atomic E-state index is -0.228. The molecule has 31 heavy (non-hydrogen) atoms. The van der Waals surface area contributed by atoms with E-state index >= 15 is 0 Å². The Morgan fingerprint density at radius 1 is 0.903 bits per heavy atom. The minimum absolute atomic E-state index is 0.0320. The van der Waals surface area contributed by atoms with E-state index in [0.717, 1.165) is 64.5 Å². The molecule has 4 rings (SSSR count). The lowest BCUT2D eigenvalue weighted by Crippen LogP contribution is -2.53. The van der Waals surface area contributed by atoms with E-state index in [1.807, 2.05) is 14.7 Å². The fraction of sp³-hybridized carbons (Fsp3) is 0.870. The van der Waals surface area contributed by atoms with Crippen LogP contribution in [0.2, 0.25) is 0 Å². The Bertz CT molecular complexity index is 662. The van der Waals surface area contributed by atoms with Crippen molar-refractivity contribution in [3.63, 3.8) is 0 Å². The Balaban J connectivity index is 1.22. The first kappa shape index (κ1) is 22.5. The van der Waals surface area contributed by atoms with Gasteiger partial charge in [0.2, 0.25) is 17.7 Å². The van der Waals surface area contributed by atoms with E-state index in [1.54, 1.807) is 6.92 Å². The number of carbonyl (C=O) groups is 3. The van der Waals surface area contributed by atoms with Gasteiger partial charge >= 0.3 is 0 Å². The molecule has 4 saturated heterocycles. The monoisotopic (exact) mass is 435 g/mol. The van der Waals surface area contributed by atoms with Crippen LogP contribution in [0.4, 0.5) is 0 Å². The number of likely N-dealkylation sites (tertiary alicyclic amines) is 3. The summed E-state index contributed by atoms with van der Waals surface area (Å²) in [5, 5.41) is 0. The quantitative estimate of drug-likeness (QED) is 0.667. The van der Waals surface area contributed by atoms with Crippen molar-refractivity contribution in [1.29, 1.82) is 0 Å². The average molecular weight is 436 g/mol. The number of rotatable bonds is 4. The van der Waals surface area contributed by atoms with Crippen molar-refractivity contribution in [2.45, 2.75) is 70.0 Å². The van der Waals surface area contributed by atoms with Gasteiger partial charge in [0.05, 0.1) is 11.7 Å². The largest absolute Gasteiger partial charge is 0.375 e. The molecule has 0 aliphatic carbocycles. The lowest BCUT2D eigenvalue weighted by Gasteiger charge is -2.46. The van der Waals surface area contributed by atoms with Gasteiger partial charge in [0.25, 0.3) is 0 Å². The molecule has 1 spiro atoms. The Kier molecular flexibility index (Phi) is 7.16. The smallest absolute Gasteiger partial charge is 0.248 e. The number of carbonyl (C=O) groups excluding carboxylic acids is 3. The van der Waals surface area contributed by atoms with Gasteiger partial charge in [-0.2, -0.15) is 0 Å². The lowest BCUT2D eigenvalue weighted by molar-refractivity contribution is -0.168. The number of amides is 3. The van der Waals surface area contributed by atoms with E-state index in [4.69, 9.17) is 9.47 Å². The molecule has 4 aliphatic heterocycles. The lowest BCUT2D eigenvalue weighted by atomic mass is 9.82. The molecule has 0 aromatic heterocycles. The van der Waals surface area contributed by atoms with Crippen molar-refractivity contribution < 1.29 is 23.9 Å². The predicted octanol–water partition coefficient (Wildman–Crippen LogP) is 1.42. The number of ether oxygens (including phenoxy) is 2. The molecule has 3 amide bonds. The van der Waals surface area contributed by atoms with E-state index in [-0.39, 0.29) is 42.0 Å². The topological polar surface area (TPSA) is 79.4 Å². The van der Waals surface area contributed by atoms with Crippen molar-refractivity contribution >= 4 is 17.7 Å². The molecule has 4 aliphatic rings. The summed E-state index contributed by atoms with van der Waals surface area (Å²) in [7, 11) is 0. The number of hydrogen-bond donors (Lipinski definition) is 0. The van der Waals surface area contributed by atoms with Crippen LogP contribution in [0.5, 0.6) is 0 Å². The molecule has 0 saturated carbocycles. The molecule has 8 heteroatoms. The van der Waals surface area contributed by atoms with E-state index in [0.29, 0.717) is 32.8 Å². The Morgan fingerprint density at radius 2 is 1.58 bits per heavy atom. The van der Waals surface area contributed by atoms with Crippen LogP contribution in [-0.2, 0) is 23.9 Å². The van der Waals surface area contributed by atoms with Crippen LogP contribution in [0.3, 0.4) is 0 Å². The Hall–Kier alpha value is -1.67. The van der Waals surface area contributed by atoms with Gasteiger partial charge in [0, 0.05) is 65.1 Å². The summed E-state index contributed by atoms with van der Waals surface area (Å²) in [5.74, 6) is 0.468. The first-order valence-corrected chi connectivity index (χ1v) is 12.0. The van der Waals surface area contributed by atoms with Gasteiger partial charge in [-0.05, 0) is 44.9 Å². The highest BCUT2D eigenvalue weighted by atomic mass is 16.5. The summed E-state index contributed by atoms with van der Waals surface area (Å²) in [5.41, 5.74) is -0.228. The third-order valence-corrected chi connectivity index (χ3v) is 7.62.